The third kappa shape index (κ3) is 8.36. The summed E-state index contributed by atoms with van der Waals surface area (Å²) in [5, 5.41) is 0.249. The molecule has 0 spiro atoms. The van der Waals surface area contributed by atoms with E-state index in [0.29, 0.717) is 0 Å². The summed E-state index contributed by atoms with van der Waals surface area (Å²) < 4.78 is 10.8. The van der Waals surface area contributed by atoms with Crippen molar-refractivity contribution in [3.05, 3.63) is 0 Å². The Hall–Kier alpha value is -0.683. The van der Waals surface area contributed by atoms with Gasteiger partial charge in [0.2, 0.25) is 0 Å². The molecule has 0 fully saturated rings. The first-order valence-electron chi connectivity index (χ1n) is 7.60. The summed E-state index contributed by atoms with van der Waals surface area (Å²) in [5.41, 5.74) is 0.127. The normalized spacial score (nSPS) is 13.7. The molecule has 0 aromatic carbocycles. The number of hydrogen-bond donors (Lipinski definition) is 0. The minimum atomic E-state index is -1.66. The molecule has 0 N–H and O–H groups in total. The van der Waals surface area contributed by atoms with E-state index >= 15 is 0 Å². The van der Waals surface area contributed by atoms with Crippen molar-refractivity contribution >= 4 is 20.5 Å². The van der Waals surface area contributed by atoms with E-state index in [2.05, 4.69) is 57.4 Å². The van der Waals surface area contributed by atoms with Crippen LogP contribution in [0.5, 0.6) is 0 Å². The van der Waals surface area contributed by atoms with E-state index < -0.39 is 8.32 Å². The summed E-state index contributed by atoms with van der Waals surface area (Å²) >= 11 is 0. The highest BCUT2D eigenvalue weighted by atomic mass is 28.4. The lowest BCUT2D eigenvalue weighted by molar-refractivity contribution is -0.138. The van der Waals surface area contributed by atoms with Gasteiger partial charge in [0, 0.05) is 6.61 Å². The summed E-state index contributed by atoms with van der Waals surface area (Å²) in [6.07, 6.45) is 3.65. The van der Waals surface area contributed by atoms with Crippen LogP contribution in [-0.4, -0.2) is 40.8 Å². The Labute approximate surface area is 131 Å². The number of hydrogen-bond acceptors (Lipinski definition) is 4. The number of rotatable bonds is 8. The Kier molecular flexibility index (Phi) is 7.82. The number of carbonyl (C=O) groups is 1. The first kappa shape index (κ1) is 20.3. The second kappa shape index (κ2) is 8.08. The summed E-state index contributed by atoms with van der Waals surface area (Å²) in [6, 6.07) is 0. The van der Waals surface area contributed by atoms with E-state index in [1.54, 1.807) is 0 Å². The molecule has 0 saturated carbocycles. The van der Waals surface area contributed by atoms with Gasteiger partial charge in [-0.15, -0.1) is 0 Å². The van der Waals surface area contributed by atoms with Gasteiger partial charge in [0.25, 0.3) is 0 Å². The van der Waals surface area contributed by atoms with Crippen LogP contribution in [0.1, 0.15) is 47.5 Å². The van der Waals surface area contributed by atoms with Crippen molar-refractivity contribution in [3.63, 3.8) is 0 Å². The van der Waals surface area contributed by atoms with Gasteiger partial charge < -0.3 is 9.16 Å². The van der Waals surface area contributed by atoms with Crippen LogP contribution in [-0.2, 0) is 14.0 Å². The first-order chi connectivity index (χ1) is 9.41. The number of nitrogens with zero attached hydrogens (tertiary/aromatic N) is 1. The largest absolute Gasteiger partial charge is 0.468 e. The summed E-state index contributed by atoms with van der Waals surface area (Å²) in [7, 11) is -0.282. The zero-order valence-electron chi connectivity index (χ0n) is 15.1. The number of aliphatic imine (C=N–C) groups is 1. The summed E-state index contributed by atoms with van der Waals surface area (Å²) in [6.45, 7) is 16.6. The highest BCUT2D eigenvalue weighted by Gasteiger charge is 2.37. The molecule has 0 unspecified atom stereocenters. The molecule has 0 aromatic heterocycles. The predicted molar refractivity (Wildman–Crippen MR) is 91.5 cm³/mol. The van der Waals surface area contributed by atoms with Gasteiger partial charge in [-0.1, -0.05) is 34.6 Å². The topological polar surface area (TPSA) is 47.9 Å². The highest BCUT2D eigenvalue weighted by molar-refractivity contribution is 6.74. The van der Waals surface area contributed by atoms with Crippen molar-refractivity contribution < 1.29 is 14.0 Å². The van der Waals surface area contributed by atoms with Crippen LogP contribution in [0.15, 0.2) is 4.99 Å². The van der Waals surface area contributed by atoms with Crippen LogP contribution in [0.4, 0.5) is 0 Å². The zero-order chi connectivity index (χ0) is 16.7. The van der Waals surface area contributed by atoms with E-state index in [9.17, 15) is 4.79 Å². The molecule has 0 bridgehead atoms. The molecular weight excluding hydrogens is 282 g/mol. The molecule has 0 saturated heterocycles. The quantitative estimate of drug-likeness (QED) is 0.385. The first-order valence-corrected chi connectivity index (χ1v) is 10.5. The van der Waals surface area contributed by atoms with Gasteiger partial charge in [0.05, 0.1) is 7.11 Å². The van der Waals surface area contributed by atoms with Gasteiger partial charge in [-0.2, -0.15) is 0 Å². The Morgan fingerprint density at radius 2 is 1.76 bits per heavy atom. The molecule has 0 radical (unpaired) electrons. The Bertz CT molecular complexity index is 357. The Morgan fingerprint density at radius 1 is 1.19 bits per heavy atom. The highest BCUT2D eigenvalue weighted by Crippen LogP contribution is 2.37. The van der Waals surface area contributed by atoms with Gasteiger partial charge >= 0.3 is 5.97 Å². The fourth-order valence-electron chi connectivity index (χ4n) is 1.42. The maximum atomic E-state index is 11.0. The van der Waals surface area contributed by atoms with Gasteiger partial charge in [0.1, 0.15) is 6.54 Å². The van der Waals surface area contributed by atoms with E-state index in [4.69, 9.17) is 4.43 Å². The third-order valence-corrected chi connectivity index (χ3v) is 8.81. The van der Waals surface area contributed by atoms with Gasteiger partial charge in [0.15, 0.2) is 8.32 Å². The molecule has 4 nitrogen and oxygen atoms in total. The molecule has 5 heteroatoms. The molecule has 0 aliphatic carbocycles. The van der Waals surface area contributed by atoms with Gasteiger partial charge in [-0.25, -0.2) is 0 Å². The summed E-state index contributed by atoms with van der Waals surface area (Å²) in [4.78, 5) is 15.1. The number of ether oxygens (including phenoxy) is 1. The maximum absolute atomic E-state index is 11.0. The van der Waals surface area contributed by atoms with Gasteiger partial charge in [-0.3, -0.25) is 9.79 Å². The maximum Gasteiger partial charge on any atom is 0.327 e. The van der Waals surface area contributed by atoms with Crippen LogP contribution >= 0.6 is 0 Å². The zero-order valence-corrected chi connectivity index (χ0v) is 16.1. The van der Waals surface area contributed by atoms with Crippen molar-refractivity contribution in [1.29, 1.82) is 0 Å². The average molecular weight is 316 g/mol. The van der Waals surface area contributed by atoms with Crippen LogP contribution in [0.3, 0.4) is 0 Å². The van der Waals surface area contributed by atoms with Crippen LogP contribution < -0.4 is 0 Å². The lowest BCUT2D eigenvalue weighted by Gasteiger charge is -2.37. The van der Waals surface area contributed by atoms with Gasteiger partial charge in [-0.05, 0) is 42.6 Å². The molecule has 0 aliphatic heterocycles. The fraction of sp³-hybridized carbons (Fsp3) is 0.875. The van der Waals surface area contributed by atoms with Crippen molar-refractivity contribution in [1.82, 2.24) is 0 Å². The molecule has 124 valence electrons. The second-order valence-electron chi connectivity index (χ2n) is 7.83. The molecule has 0 heterocycles. The molecule has 0 amide bonds. The average Bonchev–Trinajstić information content (AvgIpc) is 2.32. The third-order valence-electron chi connectivity index (χ3n) is 4.27. The van der Waals surface area contributed by atoms with Crippen molar-refractivity contribution in [2.24, 2.45) is 10.4 Å². The minimum Gasteiger partial charge on any atom is -0.468 e. The Morgan fingerprint density at radius 3 is 2.24 bits per heavy atom. The SMILES string of the molecule is COC(=O)CN=CCC(C)(C)CCO[Si](C)(C)C(C)(C)C. The molecule has 21 heavy (non-hydrogen) atoms. The smallest absolute Gasteiger partial charge is 0.327 e. The van der Waals surface area contributed by atoms with Crippen LogP contribution in [0.2, 0.25) is 18.1 Å². The molecule has 0 aliphatic rings. The van der Waals surface area contributed by atoms with E-state index in [1.807, 2.05) is 6.21 Å². The standard InChI is InChI=1S/C16H33NO3Si/c1-15(2,3)21(7,8)20-12-10-16(4,5)9-11-17-13-14(18)19-6/h11H,9-10,12-13H2,1-8H3. The second-order valence-corrected chi connectivity index (χ2v) is 12.6. The summed E-state index contributed by atoms with van der Waals surface area (Å²) in [5.74, 6) is -0.301. The van der Waals surface area contributed by atoms with Crippen LogP contribution in [0, 0.1) is 5.41 Å². The van der Waals surface area contributed by atoms with Crippen molar-refractivity contribution in [3.8, 4) is 0 Å². The minimum absolute atomic E-state index is 0.104. The lowest BCUT2D eigenvalue weighted by atomic mass is 9.87. The van der Waals surface area contributed by atoms with Crippen molar-refractivity contribution in [2.45, 2.75) is 65.6 Å². The molecule has 0 atom stereocenters. The van der Waals surface area contributed by atoms with E-state index in [-0.39, 0.29) is 23.0 Å². The van der Waals surface area contributed by atoms with E-state index in [0.717, 1.165) is 19.4 Å². The monoisotopic (exact) mass is 315 g/mol. The molecule has 0 rings (SSSR count). The lowest BCUT2D eigenvalue weighted by Crippen LogP contribution is -2.41. The number of carbonyl (C=O) groups excluding carboxylic acids is 1. The predicted octanol–water partition coefficient (Wildman–Crippen LogP) is 4.06. The molecule has 0 aromatic rings. The molecular formula is C16H33NO3Si. The number of esters is 1. The fourth-order valence-corrected chi connectivity index (χ4v) is 2.46. The number of methoxy groups -OCH3 is 1. The van der Waals surface area contributed by atoms with E-state index in [1.165, 1.54) is 7.11 Å². The Balaban J connectivity index is 4.17. The van der Waals surface area contributed by atoms with Crippen LogP contribution in [0.25, 0.3) is 0 Å². The van der Waals surface area contributed by atoms with Crippen molar-refractivity contribution in [2.75, 3.05) is 20.3 Å².